The number of nitrogens with zero attached hydrogens (tertiary/aromatic N) is 1. The second-order valence-corrected chi connectivity index (χ2v) is 4.36. The maximum atomic E-state index is 5.63. The molecule has 0 aliphatic heterocycles. The molecule has 0 spiro atoms. The highest BCUT2D eigenvalue weighted by Crippen LogP contribution is 2.21. The van der Waals surface area contributed by atoms with E-state index in [1.807, 2.05) is 12.1 Å². The fourth-order valence-electron chi connectivity index (χ4n) is 1.60. The number of oxazole rings is 1. The third-order valence-corrected chi connectivity index (χ3v) is 2.89. The molecule has 0 bridgehead atoms. The number of aromatic nitrogens is 1. The van der Waals surface area contributed by atoms with Crippen LogP contribution < -0.4 is 4.74 Å². The van der Waals surface area contributed by atoms with Gasteiger partial charge in [-0.2, -0.15) is 4.98 Å². The van der Waals surface area contributed by atoms with Gasteiger partial charge in [0.1, 0.15) is 12.0 Å². The van der Waals surface area contributed by atoms with Crippen LogP contribution in [0.15, 0.2) is 34.9 Å². The molecule has 3 nitrogen and oxygen atoms in total. The molecular formula is C14H16ClNO2. The molecule has 1 heterocycles. The van der Waals surface area contributed by atoms with E-state index < -0.39 is 0 Å². The van der Waals surface area contributed by atoms with Crippen molar-refractivity contribution >= 4 is 11.6 Å². The molecule has 0 saturated heterocycles. The molecule has 2 rings (SSSR count). The summed E-state index contributed by atoms with van der Waals surface area (Å²) in [7, 11) is 0. The van der Waals surface area contributed by atoms with Gasteiger partial charge in [-0.1, -0.05) is 25.5 Å². The number of rotatable bonds is 6. The Balaban J connectivity index is 1.97. The highest BCUT2D eigenvalue weighted by molar-refractivity contribution is 6.16. The van der Waals surface area contributed by atoms with E-state index in [2.05, 4.69) is 24.0 Å². The summed E-state index contributed by atoms with van der Waals surface area (Å²) in [5.41, 5.74) is 1.99. The van der Waals surface area contributed by atoms with E-state index >= 15 is 0 Å². The Morgan fingerprint density at radius 2 is 2.06 bits per heavy atom. The van der Waals surface area contributed by atoms with Gasteiger partial charge in [0.25, 0.3) is 0 Å². The second-order valence-electron chi connectivity index (χ2n) is 4.09. The third-order valence-electron chi connectivity index (χ3n) is 2.62. The average molecular weight is 266 g/mol. The van der Waals surface area contributed by atoms with Crippen LogP contribution in [-0.2, 0) is 12.3 Å². The lowest BCUT2D eigenvalue weighted by Gasteiger charge is -2.03. The molecule has 0 aliphatic carbocycles. The van der Waals surface area contributed by atoms with Gasteiger partial charge in [-0.15, -0.1) is 11.6 Å². The van der Waals surface area contributed by atoms with Gasteiger partial charge in [-0.25, -0.2) is 0 Å². The van der Waals surface area contributed by atoms with Crippen molar-refractivity contribution in [3.05, 3.63) is 41.8 Å². The summed E-state index contributed by atoms with van der Waals surface area (Å²) in [6, 6.07) is 7.98. The van der Waals surface area contributed by atoms with Crippen molar-refractivity contribution in [3.63, 3.8) is 0 Å². The molecule has 0 saturated carbocycles. The van der Waals surface area contributed by atoms with Crippen LogP contribution in [0.5, 0.6) is 11.8 Å². The number of hydrogen-bond acceptors (Lipinski definition) is 3. The first-order valence-corrected chi connectivity index (χ1v) is 6.62. The molecule has 0 radical (unpaired) electrons. The zero-order valence-corrected chi connectivity index (χ0v) is 11.1. The Morgan fingerprint density at radius 1 is 1.28 bits per heavy atom. The van der Waals surface area contributed by atoms with Crippen molar-refractivity contribution < 1.29 is 9.15 Å². The van der Waals surface area contributed by atoms with Crippen LogP contribution in [-0.4, -0.2) is 4.98 Å². The van der Waals surface area contributed by atoms with Crippen LogP contribution >= 0.6 is 11.6 Å². The molecule has 18 heavy (non-hydrogen) atoms. The van der Waals surface area contributed by atoms with E-state index in [-0.39, 0.29) is 6.08 Å². The quantitative estimate of drug-likeness (QED) is 0.719. The minimum atomic E-state index is 0.229. The number of halogens is 1. The maximum absolute atomic E-state index is 5.63. The zero-order chi connectivity index (χ0) is 12.8. The Kier molecular flexibility index (Phi) is 4.65. The van der Waals surface area contributed by atoms with Crippen molar-refractivity contribution in [2.24, 2.45) is 0 Å². The van der Waals surface area contributed by atoms with Crippen LogP contribution in [0.3, 0.4) is 0 Å². The van der Waals surface area contributed by atoms with E-state index in [4.69, 9.17) is 20.8 Å². The second kappa shape index (κ2) is 6.45. The van der Waals surface area contributed by atoms with E-state index in [0.29, 0.717) is 11.6 Å². The van der Waals surface area contributed by atoms with Gasteiger partial charge in [0, 0.05) is 0 Å². The number of hydrogen-bond donors (Lipinski definition) is 0. The first-order chi connectivity index (χ1) is 8.81. The van der Waals surface area contributed by atoms with Gasteiger partial charge in [-0.05, 0) is 30.5 Å². The van der Waals surface area contributed by atoms with Crippen LogP contribution in [0.25, 0.3) is 0 Å². The molecule has 0 N–H and O–H groups in total. The van der Waals surface area contributed by atoms with Gasteiger partial charge < -0.3 is 9.15 Å². The fourth-order valence-corrected chi connectivity index (χ4v) is 1.73. The van der Waals surface area contributed by atoms with Gasteiger partial charge in [-0.3, -0.25) is 0 Å². The average Bonchev–Trinajstić information content (AvgIpc) is 2.86. The highest BCUT2D eigenvalue weighted by atomic mass is 35.5. The summed E-state index contributed by atoms with van der Waals surface area (Å²) in [5, 5.41) is 0. The van der Waals surface area contributed by atoms with Crippen LogP contribution in [0.2, 0.25) is 0 Å². The molecule has 1 aromatic carbocycles. The Bertz CT molecular complexity index is 479. The summed E-state index contributed by atoms with van der Waals surface area (Å²) in [4.78, 5) is 4.08. The first kappa shape index (κ1) is 13.0. The van der Waals surface area contributed by atoms with E-state index in [0.717, 1.165) is 12.2 Å². The van der Waals surface area contributed by atoms with E-state index in [1.165, 1.54) is 24.7 Å². The topological polar surface area (TPSA) is 35.3 Å². The lowest BCUT2D eigenvalue weighted by Crippen LogP contribution is -1.87. The molecule has 2 aromatic rings. The molecule has 1 aromatic heterocycles. The van der Waals surface area contributed by atoms with Crippen molar-refractivity contribution in [1.29, 1.82) is 0 Å². The lowest BCUT2D eigenvalue weighted by atomic mass is 10.1. The largest absolute Gasteiger partial charge is 0.417 e. The summed E-state index contributed by atoms with van der Waals surface area (Å²) < 4.78 is 10.6. The van der Waals surface area contributed by atoms with Gasteiger partial charge in [0.2, 0.25) is 0 Å². The van der Waals surface area contributed by atoms with Crippen LogP contribution in [0, 0.1) is 0 Å². The predicted molar refractivity (Wildman–Crippen MR) is 71.2 cm³/mol. The number of aryl methyl sites for hydroxylation is 1. The molecule has 0 atom stereocenters. The van der Waals surface area contributed by atoms with Crippen molar-refractivity contribution in [1.82, 2.24) is 4.98 Å². The van der Waals surface area contributed by atoms with Crippen molar-refractivity contribution in [2.75, 3.05) is 0 Å². The van der Waals surface area contributed by atoms with Gasteiger partial charge in [0.15, 0.2) is 0 Å². The molecule has 0 amide bonds. The fraction of sp³-hybridized carbons (Fsp3) is 0.357. The van der Waals surface area contributed by atoms with E-state index in [1.54, 1.807) is 0 Å². The first-order valence-electron chi connectivity index (χ1n) is 6.09. The summed E-state index contributed by atoms with van der Waals surface area (Å²) >= 11 is 5.63. The van der Waals surface area contributed by atoms with Crippen molar-refractivity contribution in [3.8, 4) is 11.8 Å². The lowest BCUT2D eigenvalue weighted by molar-refractivity contribution is 0.330. The maximum Gasteiger partial charge on any atom is 0.399 e. The monoisotopic (exact) mass is 265 g/mol. The normalized spacial score (nSPS) is 10.6. The molecule has 4 heteroatoms. The van der Waals surface area contributed by atoms with Crippen LogP contribution in [0.4, 0.5) is 0 Å². The molecule has 0 unspecified atom stereocenters. The van der Waals surface area contributed by atoms with Gasteiger partial charge in [0.05, 0.1) is 11.6 Å². The predicted octanol–water partition coefficient (Wildman–Crippen LogP) is 4.55. The highest BCUT2D eigenvalue weighted by Gasteiger charge is 2.05. The Labute approximate surface area is 112 Å². The van der Waals surface area contributed by atoms with E-state index in [9.17, 15) is 0 Å². The smallest absolute Gasteiger partial charge is 0.399 e. The molecular weight excluding hydrogens is 250 g/mol. The molecule has 0 aliphatic rings. The standard InChI is InChI=1S/C14H16ClNO2/c1-2-3-4-11-5-7-13(8-6-11)18-14-16-12(9-15)10-17-14/h5-8,10H,2-4,9H2,1H3. The van der Waals surface area contributed by atoms with Crippen LogP contribution in [0.1, 0.15) is 31.0 Å². The number of alkyl halides is 1. The molecule has 96 valence electrons. The number of unbranched alkanes of at least 4 members (excludes halogenated alkanes) is 1. The molecule has 0 fully saturated rings. The minimum absolute atomic E-state index is 0.229. The third kappa shape index (κ3) is 3.50. The zero-order valence-electron chi connectivity index (χ0n) is 10.4. The number of ether oxygens (including phenoxy) is 1. The van der Waals surface area contributed by atoms with Gasteiger partial charge >= 0.3 is 6.08 Å². The summed E-state index contributed by atoms with van der Waals surface area (Å²) in [6.45, 7) is 2.19. The Morgan fingerprint density at radius 3 is 2.67 bits per heavy atom. The van der Waals surface area contributed by atoms with Crippen molar-refractivity contribution in [2.45, 2.75) is 32.1 Å². The SMILES string of the molecule is CCCCc1ccc(Oc2nc(CCl)co2)cc1. The number of benzene rings is 1. The summed E-state index contributed by atoms with van der Waals surface area (Å²) in [6.07, 6.45) is 5.24. The Hall–Kier alpha value is -1.48. The minimum Gasteiger partial charge on any atom is -0.417 e. The summed E-state index contributed by atoms with van der Waals surface area (Å²) in [5.74, 6) is 1.04.